The molecule has 1 aromatic heterocycles. The van der Waals surface area contributed by atoms with Crippen LogP contribution in [0.3, 0.4) is 0 Å². The summed E-state index contributed by atoms with van der Waals surface area (Å²) in [6.45, 7) is 5.53. The Morgan fingerprint density at radius 3 is 2.35 bits per heavy atom. The van der Waals surface area contributed by atoms with Crippen molar-refractivity contribution in [1.29, 1.82) is 0 Å². The second kappa shape index (κ2) is 10.7. The van der Waals surface area contributed by atoms with Crippen molar-refractivity contribution in [2.75, 3.05) is 17.7 Å². The Morgan fingerprint density at radius 2 is 1.74 bits per heavy atom. The molecule has 8 nitrogen and oxygen atoms in total. The number of anilines is 2. The maximum Gasteiger partial charge on any atom is 0.290 e. The molecule has 1 saturated carbocycles. The maximum absolute atomic E-state index is 13.1. The van der Waals surface area contributed by atoms with Gasteiger partial charge in [-0.15, -0.1) is 0 Å². The van der Waals surface area contributed by atoms with Crippen LogP contribution in [-0.4, -0.2) is 28.3 Å². The minimum absolute atomic E-state index is 0.0876. The molecule has 1 aliphatic carbocycles. The van der Waals surface area contributed by atoms with Gasteiger partial charge in [0.15, 0.2) is 0 Å². The molecule has 1 aliphatic rings. The van der Waals surface area contributed by atoms with Crippen LogP contribution >= 0.6 is 11.6 Å². The SMILES string of the molecule is COc1ccc(Cl)cc1NC(=O)CC(C)(C)CC(=O)Nc1c(C)n(C)n(C2CCCCC2)c1=O. The van der Waals surface area contributed by atoms with Crippen molar-refractivity contribution >= 4 is 34.8 Å². The van der Waals surface area contributed by atoms with E-state index in [0.717, 1.165) is 31.4 Å². The molecule has 0 radical (unpaired) electrons. The molecular weight excluding hydrogens is 456 g/mol. The van der Waals surface area contributed by atoms with Crippen molar-refractivity contribution in [2.45, 2.75) is 71.8 Å². The lowest BCUT2D eigenvalue weighted by molar-refractivity contribution is -0.120. The van der Waals surface area contributed by atoms with Crippen LogP contribution in [0.15, 0.2) is 23.0 Å². The highest BCUT2D eigenvalue weighted by atomic mass is 35.5. The summed E-state index contributed by atoms with van der Waals surface area (Å²) in [5.74, 6) is -0.0456. The molecule has 0 spiro atoms. The van der Waals surface area contributed by atoms with Crippen molar-refractivity contribution < 1.29 is 14.3 Å². The zero-order chi connectivity index (χ0) is 25.0. The predicted octanol–water partition coefficient (Wildman–Crippen LogP) is 5.05. The molecule has 1 fully saturated rings. The van der Waals surface area contributed by atoms with Crippen LogP contribution in [0.25, 0.3) is 0 Å². The number of nitrogens with zero attached hydrogens (tertiary/aromatic N) is 2. The van der Waals surface area contributed by atoms with E-state index < -0.39 is 5.41 Å². The van der Waals surface area contributed by atoms with Gasteiger partial charge in [-0.25, -0.2) is 4.68 Å². The van der Waals surface area contributed by atoms with Crippen LogP contribution in [0.5, 0.6) is 5.75 Å². The normalized spacial score (nSPS) is 14.6. The highest BCUT2D eigenvalue weighted by Gasteiger charge is 2.28. The summed E-state index contributed by atoms with van der Waals surface area (Å²) in [5.41, 5.74) is 0.729. The standard InChI is InChI=1S/C25H35ClN4O4/c1-16-23(24(33)30(29(16)4)18-9-7-6-8-10-18)28-22(32)15-25(2,3)14-21(31)27-19-13-17(26)11-12-20(19)34-5/h11-13,18H,6-10,14-15H2,1-5H3,(H,27,31)(H,28,32). The average Bonchev–Trinajstić information content (AvgIpc) is 2.96. The van der Waals surface area contributed by atoms with Gasteiger partial charge in [0, 0.05) is 24.9 Å². The van der Waals surface area contributed by atoms with Gasteiger partial charge in [-0.1, -0.05) is 44.7 Å². The van der Waals surface area contributed by atoms with Gasteiger partial charge in [0.1, 0.15) is 11.4 Å². The van der Waals surface area contributed by atoms with Crippen molar-refractivity contribution in [1.82, 2.24) is 9.36 Å². The van der Waals surface area contributed by atoms with Gasteiger partial charge in [0.2, 0.25) is 11.8 Å². The van der Waals surface area contributed by atoms with E-state index in [0.29, 0.717) is 22.1 Å². The first kappa shape index (κ1) is 25.9. The molecule has 0 bridgehead atoms. The molecule has 186 valence electrons. The summed E-state index contributed by atoms with van der Waals surface area (Å²) in [6.07, 6.45) is 5.57. The molecule has 3 rings (SSSR count). The van der Waals surface area contributed by atoms with E-state index in [1.54, 1.807) is 22.9 Å². The third-order valence-electron chi connectivity index (χ3n) is 6.49. The monoisotopic (exact) mass is 490 g/mol. The molecule has 9 heteroatoms. The Bertz CT molecular complexity index is 1110. The zero-order valence-electron chi connectivity index (χ0n) is 20.7. The quantitative estimate of drug-likeness (QED) is 0.541. The topological polar surface area (TPSA) is 94.4 Å². The summed E-state index contributed by atoms with van der Waals surface area (Å²) < 4.78 is 8.90. The number of carbonyl (C=O) groups is 2. The predicted molar refractivity (Wildman–Crippen MR) is 135 cm³/mol. The van der Waals surface area contributed by atoms with E-state index in [4.69, 9.17) is 16.3 Å². The number of hydrogen-bond donors (Lipinski definition) is 2. The number of halogens is 1. The van der Waals surface area contributed by atoms with Gasteiger partial charge in [0.05, 0.1) is 24.5 Å². The van der Waals surface area contributed by atoms with Crippen molar-refractivity contribution in [3.63, 3.8) is 0 Å². The number of amides is 2. The molecule has 2 aromatic rings. The highest BCUT2D eigenvalue weighted by molar-refractivity contribution is 6.31. The molecule has 2 N–H and O–H groups in total. The Labute approximate surface area is 205 Å². The summed E-state index contributed by atoms with van der Waals surface area (Å²) in [5, 5.41) is 6.11. The highest BCUT2D eigenvalue weighted by Crippen LogP contribution is 2.31. The van der Waals surface area contributed by atoms with E-state index in [2.05, 4.69) is 10.6 Å². The fraction of sp³-hybridized carbons (Fsp3) is 0.560. The summed E-state index contributed by atoms with van der Waals surface area (Å²) in [6, 6.07) is 5.14. The molecule has 0 aliphatic heterocycles. The van der Waals surface area contributed by atoms with Crippen molar-refractivity contribution in [3.05, 3.63) is 39.3 Å². The smallest absolute Gasteiger partial charge is 0.290 e. The van der Waals surface area contributed by atoms with Gasteiger partial charge in [-0.3, -0.25) is 19.1 Å². The first-order chi connectivity index (χ1) is 16.0. The molecule has 1 aromatic carbocycles. The summed E-state index contributed by atoms with van der Waals surface area (Å²) in [7, 11) is 3.38. The van der Waals surface area contributed by atoms with E-state index in [1.165, 1.54) is 13.5 Å². The van der Waals surface area contributed by atoms with Crippen LogP contribution in [0, 0.1) is 12.3 Å². The second-order valence-electron chi connectivity index (χ2n) is 9.88. The zero-order valence-corrected chi connectivity index (χ0v) is 21.4. The first-order valence-electron chi connectivity index (χ1n) is 11.7. The van der Waals surface area contributed by atoms with E-state index in [9.17, 15) is 14.4 Å². The molecule has 1 heterocycles. The van der Waals surface area contributed by atoms with Gasteiger partial charge in [-0.2, -0.15) is 0 Å². The number of carbonyl (C=O) groups excluding carboxylic acids is 2. The van der Waals surface area contributed by atoms with Gasteiger partial charge < -0.3 is 15.4 Å². The number of rotatable bonds is 8. The Balaban J connectivity index is 1.66. The lowest BCUT2D eigenvalue weighted by Gasteiger charge is -2.24. The van der Waals surface area contributed by atoms with Gasteiger partial charge in [-0.05, 0) is 43.4 Å². The number of methoxy groups -OCH3 is 1. The van der Waals surface area contributed by atoms with Crippen LogP contribution < -0.4 is 20.9 Å². The Kier molecular flexibility index (Phi) is 8.13. The third kappa shape index (κ3) is 6.03. The molecule has 0 atom stereocenters. The number of benzene rings is 1. The maximum atomic E-state index is 13.1. The molecule has 34 heavy (non-hydrogen) atoms. The van der Waals surface area contributed by atoms with E-state index in [-0.39, 0.29) is 36.3 Å². The number of nitrogens with one attached hydrogen (secondary N) is 2. The van der Waals surface area contributed by atoms with Gasteiger partial charge >= 0.3 is 0 Å². The molecule has 2 amide bonds. The van der Waals surface area contributed by atoms with E-state index in [1.807, 2.05) is 32.5 Å². The largest absolute Gasteiger partial charge is 0.495 e. The Hall–Kier alpha value is -2.74. The van der Waals surface area contributed by atoms with Crippen LogP contribution in [0.1, 0.15) is 70.5 Å². The number of hydrogen-bond acceptors (Lipinski definition) is 4. The average molecular weight is 491 g/mol. The fourth-order valence-corrected chi connectivity index (χ4v) is 4.87. The van der Waals surface area contributed by atoms with Gasteiger partial charge in [0.25, 0.3) is 5.56 Å². The molecule has 0 saturated heterocycles. The van der Waals surface area contributed by atoms with Crippen LogP contribution in [-0.2, 0) is 16.6 Å². The minimum atomic E-state index is -0.634. The number of aromatic nitrogens is 2. The van der Waals surface area contributed by atoms with E-state index >= 15 is 0 Å². The second-order valence-corrected chi connectivity index (χ2v) is 10.3. The van der Waals surface area contributed by atoms with Crippen molar-refractivity contribution in [3.8, 4) is 5.75 Å². The van der Waals surface area contributed by atoms with Crippen LogP contribution in [0.4, 0.5) is 11.4 Å². The molecule has 0 unspecified atom stereocenters. The lowest BCUT2D eigenvalue weighted by Crippen LogP contribution is -2.31. The van der Waals surface area contributed by atoms with Crippen molar-refractivity contribution in [2.24, 2.45) is 12.5 Å². The fourth-order valence-electron chi connectivity index (χ4n) is 4.70. The minimum Gasteiger partial charge on any atom is -0.495 e. The molecular formula is C25H35ClN4O4. The Morgan fingerprint density at radius 1 is 1.12 bits per heavy atom. The number of ether oxygens (including phenoxy) is 1. The third-order valence-corrected chi connectivity index (χ3v) is 6.73. The summed E-state index contributed by atoms with van der Waals surface area (Å²) in [4.78, 5) is 38.7. The van der Waals surface area contributed by atoms with Crippen LogP contribution in [0.2, 0.25) is 5.02 Å². The summed E-state index contributed by atoms with van der Waals surface area (Å²) >= 11 is 6.04. The lowest BCUT2D eigenvalue weighted by atomic mass is 9.85. The first-order valence-corrected chi connectivity index (χ1v) is 12.1.